The van der Waals surface area contributed by atoms with E-state index in [9.17, 15) is 13.2 Å². The van der Waals surface area contributed by atoms with Gasteiger partial charge in [-0.1, -0.05) is 23.8 Å². The van der Waals surface area contributed by atoms with Crippen molar-refractivity contribution in [3.05, 3.63) is 12.2 Å². The van der Waals surface area contributed by atoms with Crippen molar-refractivity contribution >= 4 is 11.6 Å². The SMILES string of the molecule is FC1(F)C2CC(C3C4C=CC(C4)C32)C1(F)Cl. The first-order chi connectivity index (χ1) is 7.44. The largest absolute Gasteiger partial charge is 0.298 e. The molecule has 7 unspecified atom stereocenters. The molecule has 4 bridgehead atoms. The summed E-state index contributed by atoms with van der Waals surface area (Å²) in [5.41, 5.74) is 0. The van der Waals surface area contributed by atoms with Crippen molar-refractivity contribution in [3.8, 4) is 0 Å². The van der Waals surface area contributed by atoms with Crippen molar-refractivity contribution in [2.75, 3.05) is 0 Å². The molecule has 4 aliphatic rings. The Morgan fingerprint density at radius 1 is 0.938 bits per heavy atom. The Morgan fingerprint density at radius 3 is 2.12 bits per heavy atom. The maximum absolute atomic E-state index is 14.0. The highest BCUT2D eigenvalue weighted by Gasteiger charge is 2.79. The molecule has 3 saturated carbocycles. The summed E-state index contributed by atoms with van der Waals surface area (Å²) in [5, 5.41) is -2.79. The maximum atomic E-state index is 14.0. The molecule has 0 aliphatic heterocycles. The summed E-state index contributed by atoms with van der Waals surface area (Å²) in [7, 11) is 0. The van der Waals surface area contributed by atoms with Gasteiger partial charge in [-0.05, 0) is 36.5 Å². The molecule has 3 fully saturated rings. The molecule has 0 saturated heterocycles. The van der Waals surface area contributed by atoms with E-state index in [4.69, 9.17) is 11.6 Å². The molecule has 0 nitrogen and oxygen atoms in total. The third-order valence-electron chi connectivity index (χ3n) is 5.40. The Morgan fingerprint density at radius 2 is 1.50 bits per heavy atom. The van der Waals surface area contributed by atoms with Crippen molar-refractivity contribution < 1.29 is 13.2 Å². The van der Waals surface area contributed by atoms with Crippen LogP contribution in [-0.4, -0.2) is 11.1 Å². The molecule has 7 atom stereocenters. The second-order valence-electron chi connectivity index (χ2n) is 5.80. The van der Waals surface area contributed by atoms with Crippen LogP contribution in [0.1, 0.15) is 12.8 Å². The Kier molecular flexibility index (Phi) is 1.52. The minimum atomic E-state index is -3.33. The van der Waals surface area contributed by atoms with E-state index < -0.39 is 22.9 Å². The molecule has 0 aromatic rings. The molecule has 0 N–H and O–H groups in total. The zero-order chi connectivity index (χ0) is 11.3. The van der Waals surface area contributed by atoms with Gasteiger partial charge in [-0.15, -0.1) is 0 Å². The lowest BCUT2D eigenvalue weighted by Gasteiger charge is -2.42. The Balaban J connectivity index is 1.83. The number of alkyl halides is 4. The van der Waals surface area contributed by atoms with Crippen LogP contribution in [0.2, 0.25) is 0 Å². The predicted molar refractivity (Wildman–Crippen MR) is 54.0 cm³/mol. The third kappa shape index (κ3) is 0.784. The summed E-state index contributed by atoms with van der Waals surface area (Å²) in [6.07, 6.45) is 5.34. The third-order valence-corrected chi connectivity index (χ3v) is 5.93. The van der Waals surface area contributed by atoms with E-state index >= 15 is 0 Å². The van der Waals surface area contributed by atoms with Gasteiger partial charge >= 0.3 is 0 Å². The van der Waals surface area contributed by atoms with Gasteiger partial charge in [0.25, 0.3) is 5.92 Å². The minimum Gasteiger partial charge on any atom is -0.219 e. The average molecular weight is 249 g/mol. The first kappa shape index (κ1) is 9.81. The highest BCUT2D eigenvalue weighted by molar-refractivity contribution is 6.24. The molecule has 16 heavy (non-hydrogen) atoms. The second-order valence-corrected chi connectivity index (χ2v) is 6.35. The molecule has 88 valence electrons. The summed E-state index contributed by atoms with van der Waals surface area (Å²) in [5.74, 6) is -4.19. The number of hydrogen-bond donors (Lipinski definition) is 0. The summed E-state index contributed by atoms with van der Waals surface area (Å²) in [6.45, 7) is 0. The fourth-order valence-electron chi connectivity index (χ4n) is 4.89. The summed E-state index contributed by atoms with van der Waals surface area (Å²) in [6, 6.07) is 0. The average Bonchev–Trinajstić information content (AvgIpc) is 2.89. The molecule has 0 aromatic heterocycles. The Labute approximate surface area is 96.8 Å². The standard InChI is InChI=1S/C12H12ClF3/c13-11(14)7-4-8(12(11,15)16)10-6-2-1-5(3-6)9(7)10/h1-2,5-10H,3-4H2. The topological polar surface area (TPSA) is 0 Å². The highest BCUT2D eigenvalue weighted by atomic mass is 35.5. The van der Waals surface area contributed by atoms with E-state index in [2.05, 4.69) is 12.2 Å². The van der Waals surface area contributed by atoms with Crippen LogP contribution in [0.25, 0.3) is 0 Å². The highest BCUT2D eigenvalue weighted by Crippen LogP contribution is 2.74. The molecule has 0 aromatic carbocycles. The fourth-order valence-corrected chi connectivity index (χ4v) is 5.27. The lowest BCUT2D eigenvalue weighted by Crippen LogP contribution is -2.52. The summed E-state index contributed by atoms with van der Waals surface area (Å²) < 4.78 is 41.7. The van der Waals surface area contributed by atoms with Gasteiger partial charge < -0.3 is 0 Å². The van der Waals surface area contributed by atoms with Crippen LogP contribution in [0.15, 0.2) is 12.2 Å². The van der Waals surface area contributed by atoms with Crippen LogP contribution in [-0.2, 0) is 0 Å². The van der Waals surface area contributed by atoms with Crippen LogP contribution in [0.4, 0.5) is 13.2 Å². The van der Waals surface area contributed by atoms with E-state index in [-0.39, 0.29) is 24.2 Å². The monoisotopic (exact) mass is 248 g/mol. The van der Waals surface area contributed by atoms with Gasteiger partial charge in [-0.2, -0.15) is 0 Å². The van der Waals surface area contributed by atoms with Crippen LogP contribution >= 0.6 is 11.6 Å². The molecule has 4 aliphatic carbocycles. The quantitative estimate of drug-likeness (QED) is 0.349. The minimum absolute atomic E-state index is 0.0161. The molecular weight excluding hydrogens is 237 g/mol. The van der Waals surface area contributed by atoms with Crippen LogP contribution in [0.3, 0.4) is 0 Å². The summed E-state index contributed by atoms with van der Waals surface area (Å²) in [4.78, 5) is 0. The van der Waals surface area contributed by atoms with Crippen molar-refractivity contribution in [1.29, 1.82) is 0 Å². The zero-order valence-electron chi connectivity index (χ0n) is 8.54. The van der Waals surface area contributed by atoms with Crippen LogP contribution < -0.4 is 0 Å². The molecule has 0 heterocycles. The van der Waals surface area contributed by atoms with E-state index in [0.717, 1.165) is 6.42 Å². The number of fused-ring (bicyclic) bond motifs is 9. The van der Waals surface area contributed by atoms with Crippen molar-refractivity contribution in [2.24, 2.45) is 35.5 Å². The summed E-state index contributed by atoms with van der Waals surface area (Å²) >= 11 is 5.52. The number of hydrogen-bond acceptors (Lipinski definition) is 0. The second kappa shape index (κ2) is 2.47. The molecule has 0 spiro atoms. The van der Waals surface area contributed by atoms with Gasteiger partial charge in [-0.3, -0.25) is 0 Å². The van der Waals surface area contributed by atoms with E-state index in [1.807, 2.05) is 0 Å². The first-order valence-electron chi connectivity index (χ1n) is 5.88. The Hall–Kier alpha value is -0.180. The van der Waals surface area contributed by atoms with E-state index in [1.165, 1.54) is 0 Å². The normalized spacial score (nSPS) is 64.2. The van der Waals surface area contributed by atoms with Crippen molar-refractivity contribution in [3.63, 3.8) is 0 Å². The number of allylic oxidation sites excluding steroid dienone is 2. The van der Waals surface area contributed by atoms with Gasteiger partial charge in [0.15, 0.2) is 0 Å². The molecule has 4 heteroatoms. The van der Waals surface area contributed by atoms with Crippen LogP contribution in [0, 0.1) is 35.5 Å². The Bertz CT molecular complexity index is 356. The van der Waals surface area contributed by atoms with Gasteiger partial charge in [0.2, 0.25) is 5.13 Å². The molecule has 4 rings (SSSR count). The van der Waals surface area contributed by atoms with Crippen molar-refractivity contribution in [1.82, 2.24) is 0 Å². The molecule has 0 radical (unpaired) electrons. The van der Waals surface area contributed by atoms with Gasteiger partial charge in [0.05, 0.1) is 0 Å². The van der Waals surface area contributed by atoms with E-state index in [1.54, 1.807) is 0 Å². The van der Waals surface area contributed by atoms with Gasteiger partial charge in [-0.25, -0.2) is 13.2 Å². The lowest BCUT2D eigenvalue weighted by molar-refractivity contribution is -0.160. The zero-order valence-corrected chi connectivity index (χ0v) is 9.30. The smallest absolute Gasteiger partial charge is 0.219 e. The number of halogens is 4. The van der Waals surface area contributed by atoms with Crippen LogP contribution in [0.5, 0.6) is 0 Å². The maximum Gasteiger partial charge on any atom is 0.298 e. The van der Waals surface area contributed by atoms with Crippen molar-refractivity contribution in [2.45, 2.75) is 23.9 Å². The van der Waals surface area contributed by atoms with E-state index in [0.29, 0.717) is 5.92 Å². The molecular formula is C12H12ClF3. The van der Waals surface area contributed by atoms with Gasteiger partial charge in [0.1, 0.15) is 0 Å². The molecule has 0 amide bonds. The first-order valence-corrected chi connectivity index (χ1v) is 6.26. The predicted octanol–water partition coefficient (Wildman–Crippen LogP) is 3.61. The fraction of sp³-hybridized carbons (Fsp3) is 0.833. The lowest BCUT2D eigenvalue weighted by atomic mass is 9.71. The van der Waals surface area contributed by atoms with Gasteiger partial charge in [0, 0.05) is 11.8 Å². The number of rotatable bonds is 0.